The van der Waals surface area contributed by atoms with E-state index in [1.807, 2.05) is 0 Å². The number of nitrogens with two attached hydrogens (primary N) is 1. The van der Waals surface area contributed by atoms with Gasteiger partial charge in [0.2, 0.25) is 0 Å². The zero-order valence-electron chi connectivity index (χ0n) is 8.57. The minimum absolute atomic E-state index is 0.147. The molecule has 0 saturated heterocycles. The van der Waals surface area contributed by atoms with E-state index in [0.29, 0.717) is 5.56 Å². The maximum absolute atomic E-state index is 9.76. The summed E-state index contributed by atoms with van der Waals surface area (Å²) in [6.45, 7) is 1.64. The highest BCUT2D eigenvalue weighted by molar-refractivity contribution is 6.32. The molecule has 84 valence electrons. The standard InChI is InChI=1S/C10H14ClNO3/c1-5(12)8(13)6-3-4-7(11)10(15-2)9(6)14/h3-5,8,13-14H,12H2,1-2H3. The van der Waals surface area contributed by atoms with Gasteiger partial charge >= 0.3 is 0 Å². The monoisotopic (exact) mass is 231 g/mol. The molecule has 1 aromatic rings. The van der Waals surface area contributed by atoms with E-state index in [0.717, 1.165) is 0 Å². The molecule has 0 saturated carbocycles. The van der Waals surface area contributed by atoms with Crippen LogP contribution in [0.25, 0.3) is 0 Å². The van der Waals surface area contributed by atoms with Gasteiger partial charge < -0.3 is 20.7 Å². The molecular weight excluding hydrogens is 218 g/mol. The molecule has 0 spiro atoms. The van der Waals surface area contributed by atoms with Crippen LogP contribution < -0.4 is 10.5 Å². The van der Waals surface area contributed by atoms with E-state index < -0.39 is 12.1 Å². The number of aliphatic hydroxyl groups is 1. The average Bonchev–Trinajstić information content (AvgIpc) is 2.17. The Hall–Kier alpha value is -0.970. The number of ether oxygens (including phenoxy) is 1. The second kappa shape index (κ2) is 4.70. The van der Waals surface area contributed by atoms with Crippen molar-refractivity contribution in [3.63, 3.8) is 0 Å². The number of hydrogen-bond acceptors (Lipinski definition) is 4. The van der Waals surface area contributed by atoms with Gasteiger partial charge in [-0.1, -0.05) is 17.7 Å². The van der Waals surface area contributed by atoms with Gasteiger partial charge in [-0.2, -0.15) is 0 Å². The lowest BCUT2D eigenvalue weighted by molar-refractivity contribution is 0.149. The van der Waals surface area contributed by atoms with Gasteiger partial charge in [-0.3, -0.25) is 0 Å². The predicted molar refractivity (Wildman–Crippen MR) is 58.3 cm³/mol. The van der Waals surface area contributed by atoms with Crippen LogP contribution in [0.1, 0.15) is 18.6 Å². The summed E-state index contributed by atoms with van der Waals surface area (Å²) in [4.78, 5) is 0. The Morgan fingerprint density at radius 2 is 2.07 bits per heavy atom. The number of benzene rings is 1. The SMILES string of the molecule is COc1c(Cl)ccc(C(O)C(C)N)c1O. The third-order valence-electron chi connectivity index (χ3n) is 2.14. The van der Waals surface area contributed by atoms with E-state index in [4.69, 9.17) is 22.1 Å². The normalized spacial score (nSPS) is 14.7. The summed E-state index contributed by atoms with van der Waals surface area (Å²) in [6.07, 6.45) is -0.948. The van der Waals surface area contributed by atoms with Crippen molar-refractivity contribution >= 4 is 11.6 Å². The number of halogens is 1. The molecule has 0 fully saturated rings. The van der Waals surface area contributed by atoms with Crippen molar-refractivity contribution in [3.8, 4) is 11.5 Å². The van der Waals surface area contributed by atoms with Gasteiger partial charge in [-0.25, -0.2) is 0 Å². The number of phenols is 1. The molecule has 1 rings (SSSR count). The van der Waals surface area contributed by atoms with Crippen molar-refractivity contribution in [1.82, 2.24) is 0 Å². The topological polar surface area (TPSA) is 75.7 Å². The van der Waals surface area contributed by atoms with Gasteiger partial charge in [0.05, 0.1) is 18.2 Å². The molecule has 0 heterocycles. The van der Waals surface area contributed by atoms with Crippen LogP contribution in [0.4, 0.5) is 0 Å². The lowest BCUT2D eigenvalue weighted by Crippen LogP contribution is -2.24. The van der Waals surface area contributed by atoms with E-state index in [-0.39, 0.29) is 16.5 Å². The van der Waals surface area contributed by atoms with Crippen LogP contribution in [-0.4, -0.2) is 23.4 Å². The average molecular weight is 232 g/mol. The first kappa shape index (κ1) is 12.1. The number of hydrogen-bond donors (Lipinski definition) is 3. The first-order chi connectivity index (χ1) is 6.99. The molecule has 4 nitrogen and oxygen atoms in total. The van der Waals surface area contributed by atoms with Crippen molar-refractivity contribution in [2.24, 2.45) is 5.73 Å². The summed E-state index contributed by atoms with van der Waals surface area (Å²) < 4.78 is 4.91. The molecule has 2 unspecified atom stereocenters. The summed E-state index contributed by atoms with van der Waals surface area (Å²) in [5, 5.41) is 19.8. The van der Waals surface area contributed by atoms with Gasteiger partial charge in [0, 0.05) is 11.6 Å². The summed E-state index contributed by atoms with van der Waals surface area (Å²) in [5.74, 6) is -0.0244. The Bertz CT molecular complexity index is 355. The number of aliphatic hydroxyl groups excluding tert-OH is 1. The highest BCUT2D eigenvalue weighted by atomic mass is 35.5. The summed E-state index contributed by atoms with van der Waals surface area (Å²) in [5.41, 5.74) is 5.84. The fraction of sp³-hybridized carbons (Fsp3) is 0.400. The third kappa shape index (κ3) is 2.34. The number of methoxy groups -OCH3 is 1. The van der Waals surface area contributed by atoms with Crippen molar-refractivity contribution in [2.75, 3.05) is 7.11 Å². The molecule has 1 aromatic carbocycles. The number of phenolic OH excluding ortho intramolecular Hbond substituents is 1. The molecular formula is C10H14ClNO3. The second-order valence-electron chi connectivity index (χ2n) is 3.32. The lowest BCUT2D eigenvalue weighted by atomic mass is 10.0. The maximum atomic E-state index is 9.76. The van der Waals surface area contributed by atoms with E-state index in [2.05, 4.69) is 0 Å². The molecule has 0 aliphatic carbocycles. The van der Waals surface area contributed by atoms with Gasteiger partial charge in [0.1, 0.15) is 0 Å². The molecule has 2 atom stereocenters. The van der Waals surface area contributed by atoms with Crippen LogP contribution in [0, 0.1) is 0 Å². The van der Waals surface area contributed by atoms with Crippen LogP contribution in [-0.2, 0) is 0 Å². The summed E-state index contributed by atoms with van der Waals surface area (Å²) in [7, 11) is 1.39. The zero-order chi connectivity index (χ0) is 11.6. The van der Waals surface area contributed by atoms with E-state index in [9.17, 15) is 10.2 Å². The molecule has 0 aromatic heterocycles. The van der Waals surface area contributed by atoms with Crippen LogP contribution in [0.15, 0.2) is 12.1 Å². The second-order valence-corrected chi connectivity index (χ2v) is 3.73. The van der Waals surface area contributed by atoms with Crippen molar-refractivity contribution in [3.05, 3.63) is 22.7 Å². The number of aromatic hydroxyl groups is 1. The molecule has 0 aliphatic heterocycles. The summed E-state index contributed by atoms with van der Waals surface area (Å²) >= 11 is 5.79. The Labute approximate surface area is 93.2 Å². The largest absolute Gasteiger partial charge is 0.504 e. The van der Waals surface area contributed by atoms with Gasteiger partial charge in [-0.15, -0.1) is 0 Å². The molecule has 4 N–H and O–H groups in total. The van der Waals surface area contributed by atoms with Crippen LogP contribution in [0.5, 0.6) is 11.5 Å². The van der Waals surface area contributed by atoms with Gasteiger partial charge in [-0.05, 0) is 13.0 Å². The van der Waals surface area contributed by atoms with Crippen molar-refractivity contribution < 1.29 is 14.9 Å². The smallest absolute Gasteiger partial charge is 0.179 e. The zero-order valence-corrected chi connectivity index (χ0v) is 9.32. The highest BCUT2D eigenvalue weighted by Crippen LogP contribution is 2.39. The van der Waals surface area contributed by atoms with E-state index in [1.165, 1.54) is 13.2 Å². The quantitative estimate of drug-likeness (QED) is 0.736. The lowest BCUT2D eigenvalue weighted by Gasteiger charge is -2.18. The fourth-order valence-electron chi connectivity index (χ4n) is 1.28. The van der Waals surface area contributed by atoms with Crippen molar-refractivity contribution in [1.29, 1.82) is 0 Å². The molecule has 5 heteroatoms. The predicted octanol–water partition coefficient (Wildman–Crippen LogP) is 1.43. The van der Waals surface area contributed by atoms with Crippen LogP contribution in [0.2, 0.25) is 5.02 Å². The van der Waals surface area contributed by atoms with E-state index in [1.54, 1.807) is 13.0 Å². The first-order valence-corrected chi connectivity index (χ1v) is 4.85. The molecule has 0 aliphatic rings. The van der Waals surface area contributed by atoms with E-state index >= 15 is 0 Å². The summed E-state index contributed by atoms with van der Waals surface area (Å²) in [6, 6.07) is 2.58. The van der Waals surface area contributed by atoms with Crippen LogP contribution in [0.3, 0.4) is 0 Å². The van der Waals surface area contributed by atoms with Gasteiger partial charge in [0.15, 0.2) is 11.5 Å². The third-order valence-corrected chi connectivity index (χ3v) is 2.43. The minimum Gasteiger partial charge on any atom is -0.504 e. The fourth-order valence-corrected chi connectivity index (χ4v) is 1.51. The molecule has 0 amide bonds. The Morgan fingerprint density at radius 3 is 2.53 bits per heavy atom. The molecule has 0 radical (unpaired) electrons. The molecule has 15 heavy (non-hydrogen) atoms. The Balaban J connectivity index is 3.21. The number of rotatable bonds is 3. The maximum Gasteiger partial charge on any atom is 0.179 e. The Kier molecular flexibility index (Phi) is 3.79. The Morgan fingerprint density at radius 1 is 1.47 bits per heavy atom. The highest BCUT2D eigenvalue weighted by Gasteiger charge is 2.20. The van der Waals surface area contributed by atoms with Gasteiger partial charge in [0.25, 0.3) is 0 Å². The van der Waals surface area contributed by atoms with Crippen LogP contribution >= 0.6 is 11.6 Å². The minimum atomic E-state index is -0.948. The molecule has 0 bridgehead atoms. The van der Waals surface area contributed by atoms with Crippen molar-refractivity contribution in [2.45, 2.75) is 19.1 Å². The first-order valence-electron chi connectivity index (χ1n) is 4.48.